The second-order valence-electron chi connectivity index (χ2n) is 7.09. The second kappa shape index (κ2) is 6.64. The molecule has 0 aromatic heterocycles. The van der Waals surface area contributed by atoms with Gasteiger partial charge in [0.15, 0.2) is 0 Å². The Bertz CT molecular complexity index is 497. The van der Waals surface area contributed by atoms with E-state index in [2.05, 4.69) is 52.1 Å². The first-order valence-electron chi connectivity index (χ1n) is 8.23. The minimum Gasteiger partial charge on any atom is -0.353 e. The van der Waals surface area contributed by atoms with Gasteiger partial charge in [0.25, 0.3) is 0 Å². The van der Waals surface area contributed by atoms with E-state index in [1.165, 1.54) is 28.7 Å². The maximum Gasteiger partial charge on any atom is 0.224 e. The molecule has 1 aliphatic rings. The van der Waals surface area contributed by atoms with Crippen LogP contribution in [0, 0.1) is 32.6 Å². The first-order valence-corrected chi connectivity index (χ1v) is 8.23. The number of carbonyl (C=O) groups is 1. The van der Waals surface area contributed by atoms with Crippen LogP contribution >= 0.6 is 0 Å². The summed E-state index contributed by atoms with van der Waals surface area (Å²) in [5, 5.41) is 3.25. The average Bonchev–Trinajstić information content (AvgIpc) is 2.38. The number of carbonyl (C=O) groups excluding carboxylic acids is 1. The van der Waals surface area contributed by atoms with E-state index >= 15 is 0 Å². The van der Waals surface area contributed by atoms with E-state index < -0.39 is 0 Å². The number of amides is 1. The Labute approximate surface area is 129 Å². The number of nitrogens with one attached hydrogen (secondary N) is 1. The molecule has 1 amide bonds. The first kappa shape index (κ1) is 16.1. The van der Waals surface area contributed by atoms with Crippen molar-refractivity contribution in [2.24, 2.45) is 11.8 Å². The third kappa shape index (κ3) is 4.09. The van der Waals surface area contributed by atoms with E-state index in [-0.39, 0.29) is 5.91 Å². The zero-order valence-electron chi connectivity index (χ0n) is 14.1. The molecule has 2 nitrogen and oxygen atoms in total. The SMILES string of the molecule is Cc1cc(C)c(CC(=O)NC2CCC(C)C(C)C2)c(C)c1. The largest absolute Gasteiger partial charge is 0.353 e. The molecule has 2 heteroatoms. The highest BCUT2D eigenvalue weighted by Gasteiger charge is 2.25. The Morgan fingerprint density at radius 3 is 2.29 bits per heavy atom. The van der Waals surface area contributed by atoms with Crippen molar-refractivity contribution < 1.29 is 4.79 Å². The summed E-state index contributed by atoms with van der Waals surface area (Å²) < 4.78 is 0. The molecule has 0 spiro atoms. The van der Waals surface area contributed by atoms with E-state index in [1.54, 1.807) is 0 Å². The summed E-state index contributed by atoms with van der Waals surface area (Å²) in [5.74, 6) is 1.68. The Hall–Kier alpha value is -1.31. The summed E-state index contributed by atoms with van der Waals surface area (Å²) in [6.45, 7) is 10.9. The fraction of sp³-hybridized carbons (Fsp3) is 0.632. The zero-order valence-corrected chi connectivity index (χ0v) is 14.1. The van der Waals surface area contributed by atoms with Crippen molar-refractivity contribution in [3.05, 3.63) is 34.4 Å². The van der Waals surface area contributed by atoms with Gasteiger partial charge >= 0.3 is 0 Å². The van der Waals surface area contributed by atoms with Gasteiger partial charge in [-0.2, -0.15) is 0 Å². The van der Waals surface area contributed by atoms with E-state index in [0.717, 1.165) is 18.8 Å². The molecule has 0 aliphatic heterocycles. The van der Waals surface area contributed by atoms with Crippen LogP contribution in [0.15, 0.2) is 12.1 Å². The summed E-state index contributed by atoms with van der Waals surface area (Å²) in [4.78, 5) is 12.3. The van der Waals surface area contributed by atoms with Crippen LogP contribution in [0.4, 0.5) is 0 Å². The highest BCUT2D eigenvalue weighted by atomic mass is 16.1. The molecule has 2 rings (SSSR count). The lowest BCUT2D eigenvalue weighted by Crippen LogP contribution is -2.40. The van der Waals surface area contributed by atoms with Gasteiger partial charge in [0.1, 0.15) is 0 Å². The number of aryl methyl sites for hydroxylation is 3. The molecule has 21 heavy (non-hydrogen) atoms. The Morgan fingerprint density at radius 2 is 1.71 bits per heavy atom. The van der Waals surface area contributed by atoms with E-state index in [0.29, 0.717) is 18.4 Å². The fourth-order valence-electron chi connectivity index (χ4n) is 3.61. The van der Waals surface area contributed by atoms with Crippen LogP contribution in [0.3, 0.4) is 0 Å². The van der Waals surface area contributed by atoms with Gasteiger partial charge < -0.3 is 5.32 Å². The van der Waals surface area contributed by atoms with E-state index in [9.17, 15) is 4.79 Å². The van der Waals surface area contributed by atoms with Gasteiger partial charge in [-0.1, -0.05) is 31.5 Å². The van der Waals surface area contributed by atoms with Crippen molar-refractivity contribution in [3.63, 3.8) is 0 Å². The molecule has 1 saturated carbocycles. The number of rotatable bonds is 3. The van der Waals surface area contributed by atoms with Crippen molar-refractivity contribution in [3.8, 4) is 0 Å². The Balaban J connectivity index is 1.96. The summed E-state index contributed by atoms with van der Waals surface area (Å²) in [6, 6.07) is 4.70. The molecular weight excluding hydrogens is 258 g/mol. The van der Waals surface area contributed by atoms with Gasteiger partial charge in [-0.25, -0.2) is 0 Å². The average molecular weight is 287 g/mol. The minimum atomic E-state index is 0.178. The summed E-state index contributed by atoms with van der Waals surface area (Å²) in [5.41, 5.74) is 4.92. The molecule has 1 aliphatic carbocycles. The quantitative estimate of drug-likeness (QED) is 0.891. The smallest absolute Gasteiger partial charge is 0.224 e. The van der Waals surface area contributed by atoms with Gasteiger partial charge in [0, 0.05) is 6.04 Å². The van der Waals surface area contributed by atoms with Gasteiger partial charge in [0.05, 0.1) is 6.42 Å². The van der Waals surface area contributed by atoms with Gasteiger partial charge in [-0.3, -0.25) is 4.79 Å². The maximum atomic E-state index is 12.3. The number of hydrogen-bond donors (Lipinski definition) is 1. The Kier molecular flexibility index (Phi) is 5.08. The van der Waals surface area contributed by atoms with Crippen LogP contribution in [0.25, 0.3) is 0 Å². The summed E-state index contributed by atoms with van der Waals surface area (Å²) in [7, 11) is 0. The lowest BCUT2D eigenvalue weighted by Gasteiger charge is -2.32. The molecule has 0 saturated heterocycles. The first-order chi connectivity index (χ1) is 9.86. The van der Waals surface area contributed by atoms with Crippen LogP contribution < -0.4 is 5.32 Å². The van der Waals surface area contributed by atoms with Crippen LogP contribution in [0.2, 0.25) is 0 Å². The monoisotopic (exact) mass is 287 g/mol. The van der Waals surface area contributed by atoms with Gasteiger partial charge in [-0.15, -0.1) is 0 Å². The van der Waals surface area contributed by atoms with Crippen molar-refractivity contribution in [1.29, 1.82) is 0 Å². The lowest BCUT2D eigenvalue weighted by atomic mass is 9.79. The highest BCUT2D eigenvalue weighted by molar-refractivity contribution is 5.79. The van der Waals surface area contributed by atoms with Crippen molar-refractivity contribution in [2.75, 3.05) is 0 Å². The predicted molar refractivity (Wildman–Crippen MR) is 88.5 cm³/mol. The van der Waals surface area contributed by atoms with Crippen LogP contribution in [-0.2, 0) is 11.2 Å². The van der Waals surface area contributed by atoms with Crippen molar-refractivity contribution in [2.45, 2.75) is 66.3 Å². The lowest BCUT2D eigenvalue weighted by molar-refractivity contribution is -0.121. The molecule has 1 fully saturated rings. The van der Waals surface area contributed by atoms with Crippen LogP contribution in [0.5, 0.6) is 0 Å². The number of hydrogen-bond acceptors (Lipinski definition) is 1. The van der Waals surface area contributed by atoms with Gasteiger partial charge in [-0.05, 0) is 68.6 Å². The summed E-state index contributed by atoms with van der Waals surface area (Å²) in [6.07, 6.45) is 3.99. The molecule has 116 valence electrons. The molecule has 0 radical (unpaired) electrons. The Morgan fingerprint density at radius 1 is 1.10 bits per heavy atom. The molecule has 0 bridgehead atoms. The third-order valence-corrected chi connectivity index (χ3v) is 5.14. The van der Waals surface area contributed by atoms with Crippen molar-refractivity contribution >= 4 is 5.91 Å². The number of benzene rings is 1. The molecule has 1 aromatic rings. The predicted octanol–water partition coefficient (Wildman–Crippen LogP) is 4.10. The van der Waals surface area contributed by atoms with Crippen LogP contribution in [0.1, 0.15) is 55.4 Å². The standard InChI is InChI=1S/C19H29NO/c1-12-8-15(4)18(16(5)9-12)11-19(21)20-17-7-6-13(2)14(3)10-17/h8-9,13-14,17H,6-7,10-11H2,1-5H3,(H,20,21). The fourth-order valence-corrected chi connectivity index (χ4v) is 3.61. The zero-order chi connectivity index (χ0) is 15.6. The molecule has 3 unspecified atom stereocenters. The molecule has 3 atom stereocenters. The normalized spacial score (nSPS) is 25.7. The van der Waals surface area contributed by atoms with Crippen LogP contribution in [-0.4, -0.2) is 11.9 Å². The molecule has 1 aromatic carbocycles. The summed E-state index contributed by atoms with van der Waals surface area (Å²) >= 11 is 0. The minimum absolute atomic E-state index is 0.178. The second-order valence-corrected chi connectivity index (χ2v) is 7.09. The topological polar surface area (TPSA) is 29.1 Å². The van der Waals surface area contributed by atoms with E-state index in [4.69, 9.17) is 0 Å². The van der Waals surface area contributed by atoms with Gasteiger partial charge in [0.2, 0.25) is 5.91 Å². The molecule has 1 N–H and O–H groups in total. The van der Waals surface area contributed by atoms with E-state index in [1.807, 2.05) is 0 Å². The molecular formula is C19H29NO. The molecule has 0 heterocycles. The third-order valence-electron chi connectivity index (χ3n) is 5.14. The highest BCUT2D eigenvalue weighted by Crippen LogP contribution is 2.29. The van der Waals surface area contributed by atoms with Crippen molar-refractivity contribution in [1.82, 2.24) is 5.32 Å². The maximum absolute atomic E-state index is 12.3.